The van der Waals surface area contributed by atoms with E-state index in [9.17, 15) is 0 Å². The minimum absolute atomic E-state index is 0.334. The highest BCUT2D eigenvalue weighted by Crippen LogP contribution is 2.30. The lowest BCUT2D eigenvalue weighted by molar-refractivity contribution is 0.355. The quantitative estimate of drug-likeness (QED) is 0.705. The van der Waals surface area contributed by atoms with E-state index in [0.29, 0.717) is 11.3 Å². The average molecular weight is 214 g/mol. The molecule has 78 valence electrons. The first-order chi connectivity index (χ1) is 6.77. The van der Waals surface area contributed by atoms with Gasteiger partial charge in [-0.05, 0) is 18.8 Å². The van der Waals surface area contributed by atoms with Gasteiger partial charge in [-0.25, -0.2) is 4.98 Å². The molecule has 0 aliphatic heterocycles. The van der Waals surface area contributed by atoms with E-state index in [1.54, 1.807) is 6.33 Å². The second-order valence-corrected chi connectivity index (χ2v) is 4.63. The van der Waals surface area contributed by atoms with Crippen LogP contribution < -0.4 is 0 Å². The molecule has 14 heavy (non-hydrogen) atoms. The lowest BCUT2D eigenvalue weighted by Gasteiger charge is -2.26. The van der Waals surface area contributed by atoms with Crippen molar-refractivity contribution in [2.75, 3.05) is 0 Å². The first-order valence-corrected chi connectivity index (χ1v) is 5.68. The van der Waals surface area contributed by atoms with E-state index in [1.165, 1.54) is 19.3 Å². The smallest absolute Gasteiger partial charge is 0.138 e. The van der Waals surface area contributed by atoms with Gasteiger partial charge < -0.3 is 0 Å². The molecule has 2 rings (SSSR count). The van der Waals surface area contributed by atoms with Crippen molar-refractivity contribution in [1.29, 1.82) is 0 Å². The van der Waals surface area contributed by atoms with Crippen molar-refractivity contribution in [2.24, 2.45) is 13.0 Å². The Morgan fingerprint density at radius 1 is 1.50 bits per heavy atom. The number of halogens is 1. The Morgan fingerprint density at radius 2 is 2.29 bits per heavy atom. The Labute approximate surface area is 89.5 Å². The molecule has 3 nitrogen and oxygen atoms in total. The third-order valence-corrected chi connectivity index (χ3v) is 3.64. The number of rotatable bonds is 2. The molecule has 0 bridgehead atoms. The number of aryl methyl sites for hydroxylation is 1. The summed E-state index contributed by atoms with van der Waals surface area (Å²) in [4.78, 5) is 4.24. The van der Waals surface area contributed by atoms with E-state index in [-0.39, 0.29) is 0 Å². The maximum atomic E-state index is 6.29. The van der Waals surface area contributed by atoms with E-state index in [2.05, 4.69) is 10.1 Å². The fourth-order valence-corrected chi connectivity index (χ4v) is 2.50. The summed E-state index contributed by atoms with van der Waals surface area (Å²) in [6, 6.07) is 0. The monoisotopic (exact) mass is 213 g/mol. The van der Waals surface area contributed by atoms with E-state index < -0.39 is 0 Å². The van der Waals surface area contributed by atoms with Gasteiger partial charge in [0.1, 0.15) is 12.2 Å². The predicted octanol–water partition coefficient (Wildman–Crippen LogP) is 2.16. The fourth-order valence-electron chi connectivity index (χ4n) is 2.13. The van der Waals surface area contributed by atoms with Crippen LogP contribution in [0.1, 0.15) is 31.5 Å². The van der Waals surface area contributed by atoms with E-state index in [1.807, 2.05) is 11.7 Å². The van der Waals surface area contributed by atoms with Crippen LogP contribution in [0.5, 0.6) is 0 Å². The molecule has 1 heterocycles. The van der Waals surface area contributed by atoms with Crippen LogP contribution in [-0.2, 0) is 13.5 Å². The van der Waals surface area contributed by atoms with Crippen molar-refractivity contribution in [1.82, 2.24) is 14.8 Å². The SMILES string of the molecule is Cn1ncnc1CC1CCCCC1Cl. The summed E-state index contributed by atoms with van der Waals surface area (Å²) in [5.74, 6) is 1.65. The van der Waals surface area contributed by atoms with Crippen LogP contribution in [-0.4, -0.2) is 20.1 Å². The Hall–Kier alpha value is -0.570. The van der Waals surface area contributed by atoms with Gasteiger partial charge in [0, 0.05) is 18.8 Å². The zero-order chi connectivity index (χ0) is 9.97. The second kappa shape index (κ2) is 4.30. The van der Waals surface area contributed by atoms with Gasteiger partial charge in [0.15, 0.2) is 0 Å². The summed E-state index contributed by atoms with van der Waals surface area (Å²) in [6.45, 7) is 0. The minimum atomic E-state index is 0.334. The Kier molecular flexibility index (Phi) is 3.06. The lowest BCUT2D eigenvalue weighted by Crippen LogP contribution is -2.23. The number of alkyl halides is 1. The van der Waals surface area contributed by atoms with Crippen LogP contribution in [0.3, 0.4) is 0 Å². The van der Waals surface area contributed by atoms with Crippen molar-refractivity contribution < 1.29 is 0 Å². The van der Waals surface area contributed by atoms with Gasteiger partial charge in [0.25, 0.3) is 0 Å². The fraction of sp³-hybridized carbons (Fsp3) is 0.800. The zero-order valence-electron chi connectivity index (χ0n) is 8.49. The molecule has 0 radical (unpaired) electrons. The van der Waals surface area contributed by atoms with Crippen LogP contribution >= 0.6 is 11.6 Å². The highest BCUT2D eigenvalue weighted by molar-refractivity contribution is 6.20. The van der Waals surface area contributed by atoms with Crippen molar-refractivity contribution in [2.45, 2.75) is 37.5 Å². The van der Waals surface area contributed by atoms with Crippen molar-refractivity contribution in [3.8, 4) is 0 Å². The van der Waals surface area contributed by atoms with Gasteiger partial charge in [0.05, 0.1) is 0 Å². The maximum Gasteiger partial charge on any atom is 0.138 e. The molecule has 1 fully saturated rings. The topological polar surface area (TPSA) is 30.7 Å². The summed E-state index contributed by atoms with van der Waals surface area (Å²) in [5, 5.41) is 4.40. The first-order valence-electron chi connectivity index (χ1n) is 5.24. The second-order valence-electron chi connectivity index (χ2n) is 4.06. The van der Waals surface area contributed by atoms with Crippen LogP contribution in [0.4, 0.5) is 0 Å². The van der Waals surface area contributed by atoms with Gasteiger partial charge in [-0.2, -0.15) is 5.10 Å². The molecule has 0 amide bonds. The highest BCUT2D eigenvalue weighted by atomic mass is 35.5. The van der Waals surface area contributed by atoms with Gasteiger partial charge in [-0.1, -0.05) is 12.8 Å². The number of hydrogen-bond acceptors (Lipinski definition) is 2. The summed E-state index contributed by atoms with van der Waals surface area (Å²) >= 11 is 6.29. The van der Waals surface area contributed by atoms with Gasteiger partial charge in [0.2, 0.25) is 0 Å². The number of nitrogens with zero attached hydrogens (tertiary/aromatic N) is 3. The molecule has 4 heteroatoms. The number of aromatic nitrogens is 3. The normalized spacial score (nSPS) is 27.9. The van der Waals surface area contributed by atoms with E-state index in [4.69, 9.17) is 11.6 Å². The largest absolute Gasteiger partial charge is 0.253 e. The van der Waals surface area contributed by atoms with Crippen LogP contribution in [0, 0.1) is 5.92 Å². The standard InChI is InChI=1S/C10H16ClN3/c1-14-10(12-7-13-14)6-8-4-2-3-5-9(8)11/h7-9H,2-6H2,1H3. The molecule has 2 atom stereocenters. The highest BCUT2D eigenvalue weighted by Gasteiger charge is 2.24. The third kappa shape index (κ3) is 2.08. The van der Waals surface area contributed by atoms with Crippen LogP contribution in [0.2, 0.25) is 0 Å². The van der Waals surface area contributed by atoms with Gasteiger partial charge >= 0.3 is 0 Å². The Balaban J connectivity index is 1.99. The molecule has 2 unspecified atom stereocenters. The summed E-state index contributed by atoms with van der Waals surface area (Å²) in [6.07, 6.45) is 7.58. The van der Waals surface area contributed by atoms with Crippen molar-refractivity contribution in [3.05, 3.63) is 12.2 Å². The predicted molar refractivity (Wildman–Crippen MR) is 56.3 cm³/mol. The van der Waals surface area contributed by atoms with Gasteiger partial charge in [-0.3, -0.25) is 4.68 Å². The van der Waals surface area contributed by atoms with E-state index in [0.717, 1.165) is 18.7 Å². The van der Waals surface area contributed by atoms with Crippen LogP contribution in [0.15, 0.2) is 6.33 Å². The molecule has 0 spiro atoms. The molecule has 1 aromatic heterocycles. The van der Waals surface area contributed by atoms with Crippen molar-refractivity contribution >= 4 is 11.6 Å². The average Bonchev–Trinajstić information content (AvgIpc) is 2.56. The molecule has 0 saturated heterocycles. The number of hydrogen-bond donors (Lipinski definition) is 0. The summed E-state index contributed by atoms with van der Waals surface area (Å²) < 4.78 is 1.85. The third-order valence-electron chi connectivity index (χ3n) is 3.07. The molecule has 0 aromatic carbocycles. The summed E-state index contributed by atoms with van der Waals surface area (Å²) in [7, 11) is 1.94. The molecule has 1 aliphatic carbocycles. The molecular weight excluding hydrogens is 198 g/mol. The molecule has 1 aromatic rings. The minimum Gasteiger partial charge on any atom is -0.253 e. The lowest BCUT2D eigenvalue weighted by atomic mass is 9.86. The van der Waals surface area contributed by atoms with E-state index >= 15 is 0 Å². The molecule has 1 saturated carbocycles. The Bertz CT molecular complexity index is 297. The summed E-state index contributed by atoms with van der Waals surface area (Å²) in [5.41, 5.74) is 0. The van der Waals surface area contributed by atoms with Crippen molar-refractivity contribution in [3.63, 3.8) is 0 Å². The molecule has 0 N–H and O–H groups in total. The zero-order valence-corrected chi connectivity index (χ0v) is 9.24. The van der Waals surface area contributed by atoms with Gasteiger partial charge in [-0.15, -0.1) is 11.6 Å². The molecule has 1 aliphatic rings. The Morgan fingerprint density at radius 3 is 2.93 bits per heavy atom. The maximum absolute atomic E-state index is 6.29. The molecular formula is C10H16ClN3. The van der Waals surface area contributed by atoms with Crippen LogP contribution in [0.25, 0.3) is 0 Å². The first kappa shape index (κ1) is 9.97.